The number of benzene rings is 2. The molecule has 2 aromatic carbocycles. The first-order valence-corrected chi connectivity index (χ1v) is 8.26. The number of ketones is 1. The van der Waals surface area contributed by atoms with Crippen LogP contribution in [0, 0.1) is 6.92 Å². The van der Waals surface area contributed by atoms with Crippen LogP contribution in [-0.2, 0) is 11.8 Å². The van der Waals surface area contributed by atoms with Crippen molar-refractivity contribution in [3.63, 3.8) is 0 Å². The largest absolute Gasteiger partial charge is 0.452 e. The number of aromatic nitrogens is 1. The Morgan fingerprint density at radius 2 is 1.96 bits per heavy atom. The number of esters is 1. The maximum atomic E-state index is 12.7. The fraction of sp³-hybridized carbons (Fsp3) is 0.143. The van der Waals surface area contributed by atoms with Crippen LogP contribution in [0.5, 0.6) is 11.5 Å². The van der Waals surface area contributed by atoms with Crippen LogP contribution in [0.15, 0.2) is 48.4 Å². The SMILES string of the molecule is CC(=O)Oc1ccc2c(c1C)OC(=Cc1cn(C)c3ccccc13)C2=O. The molecular weight excluding hydrogens is 330 g/mol. The molecule has 2 heterocycles. The standard InChI is InChI=1S/C21H17NO4/c1-12-18(25-13(2)23)9-8-16-20(24)19(26-21(12)16)10-14-11-22(3)17-7-5-4-6-15(14)17/h4-11H,1-3H3. The zero-order valence-electron chi connectivity index (χ0n) is 14.7. The fourth-order valence-corrected chi connectivity index (χ4v) is 3.26. The third kappa shape index (κ3) is 2.49. The smallest absolute Gasteiger partial charge is 0.308 e. The Kier molecular flexibility index (Phi) is 3.65. The molecule has 0 atom stereocenters. The van der Waals surface area contributed by atoms with Crippen LogP contribution < -0.4 is 9.47 Å². The van der Waals surface area contributed by atoms with Crippen LogP contribution in [0.25, 0.3) is 17.0 Å². The molecule has 0 radical (unpaired) electrons. The van der Waals surface area contributed by atoms with E-state index in [0.29, 0.717) is 22.6 Å². The van der Waals surface area contributed by atoms with E-state index < -0.39 is 5.97 Å². The maximum absolute atomic E-state index is 12.7. The highest BCUT2D eigenvalue weighted by Gasteiger charge is 2.30. The lowest BCUT2D eigenvalue weighted by atomic mass is 10.1. The van der Waals surface area contributed by atoms with Crippen molar-refractivity contribution in [2.75, 3.05) is 0 Å². The Hall–Kier alpha value is -3.34. The van der Waals surface area contributed by atoms with Gasteiger partial charge < -0.3 is 14.0 Å². The summed E-state index contributed by atoms with van der Waals surface area (Å²) >= 11 is 0. The minimum Gasteiger partial charge on any atom is -0.452 e. The van der Waals surface area contributed by atoms with Crippen LogP contribution >= 0.6 is 0 Å². The van der Waals surface area contributed by atoms with Gasteiger partial charge in [0.1, 0.15) is 11.5 Å². The molecule has 5 heteroatoms. The van der Waals surface area contributed by atoms with Crippen molar-refractivity contribution in [3.8, 4) is 11.5 Å². The van der Waals surface area contributed by atoms with Crippen molar-refractivity contribution in [2.45, 2.75) is 13.8 Å². The van der Waals surface area contributed by atoms with Gasteiger partial charge >= 0.3 is 5.97 Å². The zero-order chi connectivity index (χ0) is 18.4. The molecule has 1 aliphatic heterocycles. The Labute approximate surface area is 150 Å². The van der Waals surface area contributed by atoms with E-state index in [1.807, 2.05) is 42.1 Å². The van der Waals surface area contributed by atoms with E-state index in [2.05, 4.69) is 0 Å². The van der Waals surface area contributed by atoms with Gasteiger partial charge in [-0.1, -0.05) is 18.2 Å². The lowest BCUT2D eigenvalue weighted by molar-refractivity contribution is -0.131. The molecule has 4 rings (SSSR count). The van der Waals surface area contributed by atoms with E-state index in [9.17, 15) is 9.59 Å². The molecule has 0 spiro atoms. The van der Waals surface area contributed by atoms with Gasteiger partial charge in [-0.15, -0.1) is 0 Å². The molecule has 130 valence electrons. The first-order valence-electron chi connectivity index (χ1n) is 8.26. The number of aryl methyl sites for hydroxylation is 1. The molecule has 0 aliphatic carbocycles. The molecule has 0 amide bonds. The van der Waals surface area contributed by atoms with Gasteiger partial charge in [0, 0.05) is 42.2 Å². The molecule has 1 aromatic heterocycles. The van der Waals surface area contributed by atoms with Crippen LogP contribution in [0.1, 0.15) is 28.4 Å². The number of rotatable bonds is 2. The number of fused-ring (bicyclic) bond motifs is 2. The first-order chi connectivity index (χ1) is 12.5. The van der Waals surface area contributed by atoms with E-state index in [4.69, 9.17) is 9.47 Å². The molecular formula is C21H17NO4. The van der Waals surface area contributed by atoms with Crippen molar-refractivity contribution in [1.29, 1.82) is 0 Å². The number of hydrogen-bond donors (Lipinski definition) is 0. The van der Waals surface area contributed by atoms with Crippen molar-refractivity contribution >= 4 is 28.7 Å². The molecule has 0 bridgehead atoms. The van der Waals surface area contributed by atoms with Gasteiger partial charge in [-0.05, 0) is 31.2 Å². The van der Waals surface area contributed by atoms with Crippen LogP contribution in [-0.4, -0.2) is 16.3 Å². The minimum absolute atomic E-state index is 0.176. The normalized spacial score (nSPS) is 14.6. The topological polar surface area (TPSA) is 57.5 Å². The molecule has 26 heavy (non-hydrogen) atoms. The summed E-state index contributed by atoms with van der Waals surface area (Å²) in [5, 5.41) is 1.05. The molecule has 0 N–H and O–H groups in total. The summed E-state index contributed by atoms with van der Waals surface area (Å²) in [7, 11) is 1.96. The summed E-state index contributed by atoms with van der Waals surface area (Å²) in [6.07, 6.45) is 3.73. The Bertz CT molecular complexity index is 1100. The van der Waals surface area contributed by atoms with Crippen LogP contribution in [0.2, 0.25) is 0 Å². The Morgan fingerprint density at radius 3 is 2.73 bits per heavy atom. The van der Waals surface area contributed by atoms with Crippen molar-refractivity contribution < 1.29 is 19.1 Å². The molecule has 0 unspecified atom stereocenters. The fourth-order valence-electron chi connectivity index (χ4n) is 3.26. The van der Waals surface area contributed by atoms with Gasteiger partial charge in [-0.3, -0.25) is 9.59 Å². The highest BCUT2D eigenvalue weighted by molar-refractivity contribution is 6.15. The number of allylic oxidation sites excluding steroid dienone is 1. The van der Waals surface area contributed by atoms with E-state index in [-0.39, 0.29) is 11.5 Å². The zero-order valence-corrected chi connectivity index (χ0v) is 14.7. The van der Waals surface area contributed by atoms with Gasteiger partial charge in [-0.25, -0.2) is 0 Å². The summed E-state index contributed by atoms with van der Waals surface area (Å²) < 4.78 is 13.0. The highest BCUT2D eigenvalue weighted by atomic mass is 16.5. The Balaban J connectivity index is 1.77. The van der Waals surface area contributed by atoms with Crippen molar-refractivity contribution in [1.82, 2.24) is 4.57 Å². The van der Waals surface area contributed by atoms with Crippen molar-refractivity contribution in [3.05, 3.63) is 65.0 Å². The quantitative estimate of drug-likeness (QED) is 0.399. The monoisotopic (exact) mass is 347 g/mol. The number of nitrogens with zero attached hydrogens (tertiary/aromatic N) is 1. The molecule has 1 aliphatic rings. The number of carbonyl (C=O) groups excluding carboxylic acids is 2. The predicted octanol–water partition coefficient (Wildman–Crippen LogP) is 4.03. The number of para-hydroxylation sites is 1. The van der Waals surface area contributed by atoms with Gasteiger partial charge in [0.2, 0.25) is 5.78 Å². The van der Waals surface area contributed by atoms with Gasteiger partial charge in [0.05, 0.1) is 5.56 Å². The van der Waals surface area contributed by atoms with Crippen LogP contribution in [0.4, 0.5) is 0 Å². The van der Waals surface area contributed by atoms with E-state index >= 15 is 0 Å². The number of ether oxygens (including phenoxy) is 2. The summed E-state index contributed by atoms with van der Waals surface area (Å²) in [5.74, 6) is 0.518. The van der Waals surface area contributed by atoms with E-state index in [1.165, 1.54) is 6.92 Å². The summed E-state index contributed by atoms with van der Waals surface area (Å²) in [6, 6.07) is 11.2. The summed E-state index contributed by atoms with van der Waals surface area (Å²) in [4.78, 5) is 23.9. The molecule has 0 fully saturated rings. The van der Waals surface area contributed by atoms with Crippen LogP contribution in [0.3, 0.4) is 0 Å². The van der Waals surface area contributed by atoms with E-state index in [1.54, 1.807) is 25.1 Å². The Morgan fingerprint density at radius 1 is 1.19 bits per heavy atom. The van der Waals surface area contributed by atoms with Gasteiger partial charge in [0.15, 0.2) is 5.76 Å². The molecule has 0 saturated carbocycles. The molecule has 0 saturated heterocycles. The second-order valence-electron chi connectivity index (χ2n) is 6.31. The second kappa shape index (κ2) is 5.88. The van der Waals surface area contributed by atoms with Gasteiger partial charge in [0.25, 0.3) is 0 Å². The highest BCUT2D eigenvalue weighted by Crippen LogP contribution is 2.39. The second-order valence-corrected chi connectivity index (χ2v) is 6.31. The summed E-state index contributed by atoms with van der Waals surface area (Å²) in [5.41, 5.74) is 3.10. The average Bonchev–Trinajstić information content (AvgIpc) is 3.10. The van der Waals surface area contributed by atoms with Crippen molar-refractivity contribution in [2.24, 2.45) is 7.05 Å². The number of carbonyl (C=O) groups is 2. The number of Topliss-reactive ketones (excluding diaryl/α,β-unsaturated/α-hetero) is 1. The average molecular weight is 347 g/mol. The van der Waals surface area contributed by atoms with E-state index in [0.717, 1.165) is 16.5 Å². The summed E-state index contributed by atoms with van der Waals surface area (Å²) in [6.45, 7) is 3.11. The molecule has 3 aromatic rings. The molecule has 5 nitrogen and oxygen atoms in total. The first kappa shape index (κ1) is 16.1. The third-order valence-corrected chi connectivity index (χ3v) is 4.50. The van der Waals surface area contributed by atoms with Gasteiger partial charge in [-0.2, -0.15) is 0 Å². The number of hydrogen-bond acceptors (Lipinski definition) is 4. The maximum Gasteiger partial charge on any atom is 0.308 e. The lowest BCUT2D eigenvalue weighted by Gasteiger charge is -2.08. The lowest BCUT2D eigenvalue weighted by Crippen LogP contribution is -2.03. The third-order valence-electron chi connectivity index (χ3n) is 4.50. The minimum atomic E-state index is -0.413. The predicted molar refractivity (Wildman–Crippen MR) is 98.3 cm³/mol.